The fraction of sp³-hybridized carbons (Fsp3) is 0.0667. The zero-order valence-corrected chi connectivity index (χ0v) is 11.7. The second kappa shape index (κ2) is 6.98. The van der Waals surface area contributed by atoms with E-state index >= 15 is 0 Å². The van der Waals surface area contributed by atoms with Crippen LogP contribution in [0.25, 0.3) is 0 Å². The zero-order valence-electron chi connectivity index (χ0n) is 11.7. The molecule has 0 radical (unpaired) electrons. The van der Waals surface area contributed by atoms with Crippen LogP contribution in [0.5, 0.6) is 5.75 Å². The van der Waals surface area contributed by atoms with Gasteiger partial charge in [-0.05, 0) is 29.8 Å². The van der Waals surface area contributed by atoms with Crippen LogP contribution in [0.1, 0.15) is 15.9 Å². The average molecular weight is 299 g/mol. The van der Waals surface area contributed by atoms with Crippen molar-refractivity contribution in [2.24, 2.45) is 5.10 Å². The molecular weight excluding hydrogens is 286 g/mol. The number of hydrogen-bond donors (Lipinski definition) is 1. The lowest BCUT2D eigenvalue weighted by Crippen LogP contribution is -2.17. The molecule has 7 nitrogen and oxygen atoms in total. The Morgan fingerprint density at radius 2 is 2.00 bits per heavy atom. The highest BCUT2D eigenvalue weighted by Gasteiger charge is 2.08. The third-order valence-electron chi connectivity index (χ3n) is 2.81. The molecule has 0 fully saturated rings. The Morgan fingerprint density at radius 1 is 1.27 bits per heavy atom. The first-order valence-electron chi connectivity index (χ1n) is 6.32. The Balaban J connectivity index is 1.99. The summed E-state index contributed by atoms with van der Waals surface area (Å²) in [5, 5.41) is 14.4. The van der Waals surface area contributed by atoms with Crippen molar-refractivity contribution in [3.8, 4) is 5.75 Å². The molecule has 2 rings (SSSR count). The lowest BCUT2D eigenvalue weighted by Gasteiger charge is -2.01. The molecule has 22 heavy (non-hydrogen) atoms. The van der Waals surface area contributed by atoms with Crippen LogP contribution >= 0.6 is 0 Å². The third kappa shape index (κ3) is 3.89. The molecule has 0 saturated heterocycles. The van der Waals surface area contributed by atoms with E-state index < -0.39 is 10.8 Å². The van der Waals surface area contributed by atoms with Gasteiger partial charge in [0.2, 0.25) is 0 Å². The Labute approximate surface area is 126 Å². The number of methoxy groups -OCH3 is 1. The molecule has 0 aromatic heterocycles. The summed E-state index contributed by atoms with van der Waals surface area (Å²) in [5.41, 5.74) is 3.33. The van der Waals surface area contributed by atoms with Crippen molar-refractivity contribution in [2.75, 3.05) is 7.11 Å². The number of amides is 1. The van der Waals surface area contributed by atoms with E-state index in [4.69, 9.17) is 4.74 Å². The van der Waals surface area contributed by atoms with Crippen molar-refractivity contribution in [2.45, 2.75) is 0 Å². The van der Waals surface area contributed by atoms with Crippen molar-refractivity contribution < 1.29 is 14.5 Å². The van der Waals surface area contributed by atoms with E-state index in [-0.39, 0.29) is 11.3 Å². The van der Waals surface area contributed by atoms with E-state index in [2.05, 4.69) is 10.5 Å². The maximum Gasteiger partial charge on any atom is 0.271 e. The predicted octanol–water partition coefficient (Wildman–Crippen LogP) is 2.37. The maximum absolute atomic E-state index is 11.8. The number of carbonyl (C=O) groups is 1. The molecule has 0 spiro atoms. The third-order valence-corrected chi connectivity index (χ3v) is 2.81. The summed E-state index contributed by atoms with van der Waals surface area (Å²) in [6, 6.07) is 12.4. The number of hydrogen-bond acceptors (Lipinski definition) is 5. The van der Waals surface area contributed by atoms with Gasteiger partial charge in [-0.1, -0.05) is 12.1 Å². The fourth-order valence-corrected chi connectivity index (χ4v) is 1.69. The Hall–Kier alpha value is -3.22. The first kappa shape index (κ1) is 15.2. The highest BCUT2D eigenvalue weighted by atomic mass is 16.6. The summed E-state index contributed by atoms with van der Waals surface area (Å²) in [5.74, 6) is 0.236. The summed E-state index contributed by atoms with van der Waals surface area (Å²) in [6.07, 6.45) is 1.48. The van der Waals surface area contributed by atoms with Gasteiger partial charge >= 0.3 is 0 Å². The Morgan fingerprint density at radius 3 is 2.64 bits per heavy atom. The van der Waals surface area contributed by atoms with Gasteiger partial charge in [0.15, 0.2) is 0 Å². The largest absolute Gasteiger partial charge is 0.497 e. The molecular formula is C15H13N3O4. The molecule has 0 atom stereocenters. The van der Waals surface area contributed by atoms with Gasteiger partial charge in [0.05, 0.1) is 18.2 Å². The first-order valence-corrected chi connectivity index (χ1v) is 6.32. The molecule has 0 aliphatic heterocycles. The second-order valence-electron chi connectivity index (χ2n) is 4.28. The van der Waals surface area contributed by atoms with Gasteiger partial charge < -0.3 is 4.74 Å². The molecule has 0 bridgehead atoms. The van der Waals surface area contributed by atoms with Crippen LogP contribution in [0.4, 0.5) is 5.69 Å². The van der Waals surface area contributed by atoms with Gasteiger partial charge in [0, 0.05) is 17.7 Å². The highest BCUT2D eigenvalue weighted by Crippen LogP contribution is 2.12. The number of rotatable bonds is 5. The van der Waals surface area contributed by atoms with Crippen LogP contribution in [0.15, 0.2) is 53.6 Å². The van der Waals surface area contributed by atoms with Crippen molar-refractivity contribution in [3.05, 3.63) is 69.8 Å². The first-order chi connectivity index (χ1) is 10.6. The number of nitro groups is 1. The van der Waals surface area contributed by atoms with Gasteiger partial charge in [-0.15, -0.1) is 0 Å². The number of carbonyl (C=O) groups excluding carboxylic acids is 1. The fourth-order valence-electron chi connectivity index (χ4n) is 1.69. The molecule has 2 aromatic carbocycles. The average Bonchev–Trinajstić information content (AvgIpc) is 2.55. The van der Waals surface area contributed by atoms with Gasteiger partial charge in [0.25, 0.3) is 11.6 Å². The molecule has 112 valence electrons. The predicted molar refractivity (Wildman–Crippen MR) is 81.2 cm³/mol. The highest BCUT2D eigenvalue weighted by molar-refractivity contribution is 5.95. The lowest BCUT2D eigenvalue weighted by molar-refractivity contribution is -0.384. The lowest BCUT2D eigenvalue weighted by atomic mass is 10.2. The van der Waals surface area contributed by atoms with E-state index in [9.17, 15) is 14.9 Å². The van der Waals surface area contributed by atoms with Crippen molar-refractivity contribution >= 4 is 17.8 Å². The van der Waals surface area contributed by atoms with Crippen LogP contribution in [0.3, 0.4) is 0 Å². The summed E-state index contributed by atoms with van der Waals surface area (Å²) < 4.78 is 5.08. The Kier molecular flexibility index (Phi) is 4.81. The Bertz CT molecular complexity index is 711. The molecule has 2 aromatic rings. The summed E-state index contributed by atoms with van der Waals surface area (Å²) >= 11 is 0. The zero-order chi connectivity index (χ0) is 15.9. The van der Waals surface area contributed by atoms with E-state index in [0.29, 0.717) is 5.75 Å². The smallest absolute Gasteiger partial charge is 0.271 e. The van der Waals surface area contributed by atoms with Crippen LogP contribution in [-0.4, -0.2) is 24.2 Å². The monoisotopic (exact) mass is 299 g/mol. The number of ether oxygens (including phenoxy) is 1. The van der Waals surface area contributed by atoms with E-state index in [1.54, 1.807) is 25.3 Å². The minimum Gasteiger partial charge on any atom is -0.497 e. The number of non-ortho nitro benzene ring substituents is 1. The molecule has 1 N–H and O–H groups in total. The quantitative estimate of drug-likeness (QED) is 0.521. The van der Waals surface area contributed by atoms with Gasteiger partial charge in [0.1, 0.15) is 5.75 Å². The number of nitrogens with one attached hydrogen (secondary N) is 1. The molecule has 0 unspecified atom stereocenters. The second-order valence-corrected chi connectivity index (χ2v) is 4.28. The van der Waals surface area contributed by atoms with E-state index in [0.717, 1.165) is 5.56 Å². The molecule has 0 aliphatic rings. The number of benzene rings is 2. The van der Waals surface area contributed by atoms with Gasteiger partial charge in [-0.3, -0.25) is 14.9 Å². The molecule has 0 aliphatic carbocycles. The molecule has 1 amide bonds. The van der Waals surface area contributed by atoms with Crippen LogP contribution in [0, 0.1) is 10.1 Å². The molecule has 0 heterocycles. The number of nitro benzene ring substituents is 1. The minimum atomic E-state index is -0.525. The van der Waals surface area contributed by atoms with Crippen molar-refractivity contribution in [3.63, 3.8) is 0 Å². The van der Waals surface area contributed by atoms with E-state index in [1.165, 1.54) is 30.5 Å². The SMILES string of the molecule is COc1cccc(/C=N\NC(=O)c2ccc([N+](=O)[O-])cc2)c1. The topological polar surface area (TPSA) is 93.8 Å². The normalized spacial score (nSPS) is 10.4. The number of hydrazone groups is 1. The van der Waals surface area contributed by atoms with Gasteiger partial charge in [-0.25, -0.2) is 5.43 Å². The van der Waals surface area contributed by atoms with Crippen LogP contribution in [-0.2, 0) is 0 Å². The standard InChI is InChI=1S/C15H13N3O4/c1-22-14-4-2-3-11(9-14)10-16-17-15(19)12-5-7-13(8-6-12)18(20)21/h2-10H,1H3,(H,17,19)/b16-10-. The molecule has 0 saturated carbocycles. The summed E-state index contributed by atoms with van der Waals surface area (Å²) in [4.78, 5) is 21.8. The van der Waals surface area contributed by atoms with Crippen molar-refractivity contribution in [1.29, 1.82) is 0 Å². The van der Waals surface area contributed by atoms with Crippen molar-refractivity contribution in [1.82, 2.24) is 5.43 Å². The van der Waals surface area contributed by atoms with E-state index in [1.807, 2.05) is 6.07 Å². The molecule has 7 heteroatoms. The minimum absolute atomic E-state index is 0.0727. The summed E-state index contributed by atoms with van der Waals surface area (Å²) in [7, 11) is 1.56. The van der Waals surface area contributed by atoms with Crippen LogP contribution in [0.2, 0.25) is 0 Å². The number of nitrogens with zero attached hydrogens (tertiary/aromatic N) is 2. The van der Waals surface area contributed by atoms with Crippen LogP contribution < -0.4 is 10.2 Å². The summed E-state index contributed by atoms with van der Waals surface area (Å²) in [6.45, 7) is 0. The van der Waals surface area contributed by atoms with Gasteiger partial charge in [-0.2, -0.15) is 5.10 Å². The maximum atomic E-state index is 11.8.